The summed E-state index contributed by atoms with van der Waals surface area (Å²) in [5, 5.41) is 0. The second-order valence-electron chi connectivity index (χ2n) is 6.27. The number of nitrogens with zero attached hydrogens (tertiary/aromatic N) is 2. The molecule has 1 heterocycles. The summed E-state index contributed by atoms with van der Waals surface area (Å²) in [4.78, 5) is 16.5. The summed E-state index contributed by atoms with van der Waals surface area (Å²) in [6.45, 7) is 2.86. The van der Waals surface area contributed by atoms with Gasteiger partial charge in [0.05, 0.1) is 19.3 Å². The van der Waals surface area contributed by atoms with Crippen molar-refractivity contribution in [2.24, 2.45) is 0 Å². The van der Waals surface area contributed by atoms with Crippen molar-refractivity contribution in [1.29, 1.82) is 0 Å². The first-order valence-electron chi connectivity index (χ1n) is 8.21. The highest BCUT2D eigenvalue weighted by Crippen LogP contribution is 2.32. The first kappa shape index (κ1) is 17.9. The Hall–Kier alpha value is -1.43. The Bertz CT molecular complexity index is 488. The van der Waals surface area contributed by atoms with E-state index in [4.69, 9.17) is 9.47 Å². The van der Waals surface area contributed by atoms with E-state index in [9.17, 15) is 4.79 Å². The standard InChI is InChI=1S/C18H28N2O3/c1-19(2)13-15-6-8-16(9-7-15)17-5-4-10-20(17)18(21)14-23-12-11-22-3/h6-9,17H,4-5,10-14H2,1-3H3. The van der Waals surface area contributed by atoms with E-state index in [1.54, 1.807) is 7.11 Å². The van der Waals surface area contributed by atoms with E-state index in [0.29, 0.717) is 13.2 Å². The zero-order valence-electron chi connectivity index (χ0n) is 14.5. The van der Waals surface area contributed by atoms with Gasteiger partial charge in [-0.3, -0.25) is 4.79 Å². The molecule has 1 aromatic carbocycles. The van der Waals surface area contributed by atoms with Crippen LogP contribution in [0.3, 0.4) is 0 Å². The molecule has 2 rings (SSSR count). The molecule has 0 spiro atoms. The lowest BCUT2D eigenvalue weighted by molar-refractivity contribution is -0.137. The number of hydrogen-bond donors (Lipinski definition) is 0. The fraction of sp³-hybridized carbons (Fsp3) is 0.611. The first-order chi connectivity index (χ1) is 11.1. The summed E-state index contributed by atoms with van der Waals surface area (Å²) in [5.74, 6) is 0.0703. The van der Waals surface area contributed by atoms with Crippen LogP contribution in [0.25, 0.3) is 0 Å². The van der Waals surface area contributed by atoms with Gasteiger partial charge >= 0.3 is 0 Å². The molecule has 1 amide bonds. The van der Waals surface area contributed by atoms with Crippen LogP contribution in [0.5, 0.6) is 0 Å². The van der Waals surface area contributed by atoms with Gasteiger partial charge in [0.1, 0.15) is 6.61 Å². The van der Waals surface area contributed by atoms with Gasteiger partial charge in [-0.15, -0.1) is 0 Å². The fourth-order valence-corrected chi connectivity index (χ4v) is 3.01. The molecule has 0 aliphatic carbocycles. The third kappa shape index (κ3) is 5.30. The Morgan fingerprint density at radius 1 is 1.26 bits per heavy atom. The summed E-state index contributed by atoms with van der Waals surface area (Å²) < 4.78 is 10.3. The topological polar surface area (TPSA) is 42.0 Å². The van der Waals surface area contributed by atoms with Crippen LogP contribution in [0.15, 0.2) is 24.3 Å². The lowest BCUT2D eigenvalue weighted by Gasteiger charge is -2.25. The molecule has 0 radical (unpaired) electrons. The minimum atomic E-state index is 0.0703. The molecule has 1 aromatic rings. The average molecular weight is 320 g/mol. The third-order valence-corrected chi connectivity index (χ3v) is 4.09. The summed E-state index contributed by atoms with van der Waals surface area (Å²) in [6.07, 6.45) is 2.07. The van der Waals surface area contributed by atoms with Crippen molar-refractivity contribution in [3.05, 3.63) is 35.4 Å². The molecule has 0 bridgehead atoms. The van der Waals surface area contributed by atoms with Crippen molar-refractivity contribution < 1.29 is 14.3 Å². The summed E-state index contributed by atoms with van der Waals surface area (Å²) in [6, 6.07) is 8.81. The lowest BCUT2D eigenvalue weighted by atomic mass is 10.0. The predicted octanol–water partition coefficient (Wildman–Crippen LogP) is 2.07. The normalized spacial score (nSPS) is 17.9. The van der Waals surface area contributed by atoms with Gasteiger partial charge in [-0.25, -0.2) is 0 Å². The molecule has 1 aliphatic heterocycles. The van der Waals surface area contributed by atoms with Crippen LogP contribution in [0.2, 0.25) is 0 Å². The Kier molecular flexibility index (Phi) is 7.02. The maximum atomic E-state index is 12.4. The quantitative estimate of drug-likeness (QED) is 0.688. The van der Waals surface area contributed by atoms with Gasteiger partial charge in [0.25, 0.3) is 0 Å². The zero-order valence-corrected chi connectivity index (χ0v) is 14.5. The molecule has 0 saturated carbocycles. The van der Waals surface area contributed by atoms with Gasteiger partial charge in [0.15, 0.2) is 0 Å². The van der Waals surface area contributed by atoms with Crippen LogP contribution < -0.4 is 0 Å². The largest absolute Gasteiger partial charge is 0.382 e. The van der Waals surface area contributed by atoms with E-state index in [1.165, 1.54) is 11.1 Å². The first-order valence-corrected chi connectivity index (χ1v) is 8.21. The van der Waals surface area contributed by atoms with Gasteiger partial charge in [-0.2, -0.15) is 0 Å². The van der Waals surface area contributed by atoms with Crippen molar-refractivity contribution in [2.75, 3.05) is 47.6 Å². The molecule has 5 nitrogen and oxygen atoms in total. The second kappa shape index (κ2) is 9.01. The molecule has 1 aliphatic rings. The van der Waals surface area contributed by atoms with Gasteiger partial charge in [0.2, 0.25) is 5.91 Å². The number of hydrogen-bond acceptors (Lipinski definition) is 4. The molecule has 1 atom stereocenters. The smallest absolute Gasteiger partial charge is 0.249 e. The van der Waals surface area contributed by atoms with Crippen LogP contribution >= 0.6 is 0 Å². The molecule has 0 aromatic heterocycles. The lowest BCUT2D eigenvalue weighted by Crippen LogP contribution is -2.33. The Balaban J connectivity index is 1.93. The number of amides is 1. The minimum absolute atomic E-state index is 0.0703. The van der Waals surface area contributed by atoms with E-state index < -0.39 is 0 Å². The highest BCUT2D eigenvalue weighted by atomic mass is 16.5. The Morgan fingerprint density at radius 2 is 2.00 bits per heavy atom. The molecule has 5 heteroatoms. The molecule has 23 heavy (non-hydrogen) atoms. The zero-order chi connectivity index (χ0) is 16.7. The molecule has 0 N–H and O–H groups in total. The number of methoxy groups -OCH3 is 1. The number of rotatable bonds is 8. The van der Waals surface area contributed by atoms with Crippen molar-refractivity contribution in [3.8, 4) is 0 Å². The van der Waals surface area contributed by atoms with Crippen molar-refractivity contribution in [2.45, 2.75) is 25.4 Å². The molecule has 1 unspecified atom stereocenters. The Morgan fingerprint density at radius 3 is 2.65 bits per heavy atom. The molecule has 1 saturated heterocycles. The molecular formula is C18H28N2O3. The predicted molar refractivity (Wildman–Crippen MR) is 90.2 cm³/mol. The van der Waals surface area contributed by atoms with Crippen LogP contribution in [-0.2, 0) is 20.8 Å². The Labute approximate surface area is 139 Å². The average Bonchev–Trinajstić information content (AvgIpc) is 3.01. The monoisotopic (exact) mass is 320 g/mol. The number of carbonyl (C=O) groups excluding carboxylic acids is 1. The van der Waals surface area contributed by atoms with E-state index >= 15 is 0 Å². The molecular weight excluding hydrogens is 292 g/mol. The minimum Gasteiger partial charge on any atom is -0.382 e. The number of benzene rings is 1. The van der Waals surface area contributed by atoms with Crippen molar-refractivity contribution >= 4 is 5.91 Å². The third-order valence-electron chi connectivity index (χ3n) is 4.09. The highest BCUT2D eigenvalue weighted by molar-refractivity contribution is 5.78. The van der Waals surface area contributed by atoms with Gasteiger partial charge in [0, 0.05) is 20.2 Å². The van der Waals surface area contributed by atoms with Crippen LogP contribution in [0.4, 0.5) is 0 Å². The fourth-order valence-electron chi connectivity index (χ4n) is 3.01. The summed E-state index contributed by atoms with van der Waals surface area (Å²) in [5.41, 5.74) is 2.51. The van der Waals surface area contributed by atoms with Crippen LogP contribution in [-0.4, -0.2) is 63.3 Å². The second-order valence-corrected chi connectivity index (χ2v) is 6.27. The van der Waals surface area contributed by atoms with Crippen LogP contribution in [0.1, 0.15) is 30.0 Å². The highest BCUT2D eigenvalue weighted by Gasteiger charge is 2.29. The molecule has 128 valence electrons. The van der Waals surface area contributed by atoms with E-state index in [1.807, 2.05) is 4.90 Å². The van der Waals surface area contributed by atoms with Crippen LogP contribution in [0, 0.1) is 0 Å². The maximum Gasteiger partial charge on any atom is 0.249 e. The number of likely N-dealkylation sites (tertiary alicyclic amines) is 1. The van der Waals surface area contributed by atoms with Crippen molar-refractivity contribution in [3.63, 3.8) is 0 Å². The summed E-state index contributed by atoms with van der Waals surface area (Å²) in [7, 11) is 5.76. The maximum absolute atomic E-state index is 12.4. The van der Waals surface area contributed by atoms with E-state index in [2.05, 4.69) is 43.3 Å². The van der Waals surface area contributed by atoms with Gasteiger partial charge in [-0.1, -0.05) is 24.3 Å². The van der Waals surface area contributed by atoms with Crippen molar-refractivity contribution in [1.82, 2.24) is 9.80 Å². The SMILES string of the molecule is COCCOCC(=O)N1CCCC1c1ccc(CN(C)C)cc1. The number of carbonyl (C=O) groups is 1. The van der Waals surface area contributed by atoms with Gasteiger partial charge in [-0.05, 0) is 38.1 Å². The van der Waals surface area contributed by atoms with E-state index in [0.717, 1.165) is 25.9 Å². The number of ether oxygens (including phenoxy) is 2. The summed E-state index contributed by atoms with van der Waals surface area (Å²) >= 11 is 0. The van der Waals surface area contributed by atoms with E-state index in [-0.39, 0.29) is 18.6 Å². The molecule has 1 fully saturated rings. The van der Waals surface area contributed by atoms with Gasteiger partial charge < -0.3 is 19.3 Å².